The number of aryl methyl sites for hydroxylation is 2. The molecule has 5 nitrogen and oxygen atoms in total. The maximum Gasteiger partial charge on any atom is 0.251 e. The van der Waals surface area contributed by atoms with Crippen molar-refractivity contribution >= 4 is 17.2 Å². The van der Waals surface area contributed by atoms with Crippen molar-refractivity contribution < 1.29 is 14.3 Å². The molecular formula is C17H20N2O3S. The molecule has 2 aromatic rings. The highest BCUT2D eigenvalue weighted by atomic mass is 32.1. The van der Waals surface area contributed by atoms with Crippen molar-refractivity contribution in [1.29, 1.82) is 0 Å². The predicted molar refractivity (Wildman–Crippen MR) is 89.9 cm³/mol. The molecule has 0 bridgehead atoms. The lowest BCUT2D eigenvalue weighted by Crippen LogP contribution is -2.39. The van der Waals surface area contributed by atoms with E-state index in [1.807, 2.05) is 31.2 Å². The third-order valence-electron chi connectivity index (χ3n) is 3.78. The molecule has 1 atom stereocenters. The van der Waals surface area contributed by atoms with E-state index in [4.69, 9.17) is 9.47 Å². The number of nitrogens with zero attached hydrogens (tertiary/aromatic N) is 1. The summed E-state index contributed by atoms with van der Waals surface area (Å²) in [6.45, 7) is 6.24. The van der Waals surface area contributed by atoms with Crippen LogP contribution in [0, 0.1) is 13.8 Å². The molecule has 3 rings (SSSR count). The van der Waals surface area contributed by atoms with E-state index in [-0.39, 0.29) is 12.0 Å². The van der Waals surface area contributed by atoms with Gasteiger partial charge in [-0.25, -0.2) is 4.98 Å². The predicted octanol–water partition coefficient (Wildman–Crippen LogP) is 2.57. The van der Waals surface area contributed by atoms with Crippen LogP contribution < -0.4 is 5.32 Å². The molecule has 1 aromatic carbocycles. The summed E-state index contributed by atoms with van der Waals surface area (Å²) in [6.07, 6.45) is -0.0693. The Balaban J connectivity index is 1.67. The number of amides is 1. The first-order valence-corrected chi connectivity index (χ1v) is 8.47. The number of aromatic nitrogens is 1. The van der Waals surface area contributed by atoms with E-state index < -0.39 is 0 Å². The monoisotopic (exact) mass is 332 g/mol. The highest BCUT2D eigenvalue weighted by Gasteiger charge is 2.16. The molecule has 1 N–H and O–H groups in total. The minimum atomic E-state index is -0.106. The number of nitrogens with one attached hydrogen (secondary N) is 1. The van der Waals surface area contributed by atoms with Gasteiger partial charge in [0.2, 0.25) is 0 Å². The van der Waals surface area contributed by atoms with Crippen LogP contribution in [0.3, 0.4) is 0 Å². The SMILES string of the molecule is Cc1nc(-c2cccc(C(=O)NC[C@@H]3COCCO3)c2)sc1C. The standard InChI is InChI=1S/C17H20N2O3S/c1-11-12(2)23-17(19-11)14-5-3-4-13(8-14)16(20)18-9-15-10-21-6-7-22-15/h3-5,8,15H,6-7,9-10H2,1-2H3,(H,18,20)/t15-/m1/s1. The fraction of sp³-hybridized carbons (Fsp3) is 0.412. The van der Waals surface area contributed by atoms with Gasteiger partial charge in [-0.3, -0.25) is 4.79 Å². The van der Waals surface area contributed by atoms with Crippen LogP contribution in [0.5, 0.6) is 0 Å². The van der Waals surface area contributed by atoms with Crippen molar-refractivity contribution in [3.8, 4) is 10.6 Å². The molecule has 1 aromatic heterocycles. The van der Waals surface area contributed by atoms with Crippen molar-refractivity contribution in [1.82, 2.24) is 10.3 Å². The summed E-state index contributed by atoms with van der Waals surface area (Å²) in [5, 5.41) is 3.85. The minimum Gasteiger partial charge on any atom is -0.376 e. The van der Waals surface area contributed by atoms with E-state index in [0.29, 0.717) is 31.9 Å². The van der Waals surface area contributed by atoms with E-state index in [1.165, 1.54) is 4.88 Å². The van der Waals surface area contributed by atoms with Crippen molar-refractivity contribution in [3.63, 3.8) is 0 Å². The summed E-state index contributed by atoms with van der Waals surface area (Å²) < 4.78 is 10.9. The lowest BCUT2D eigenvalue weighted by Gasteiger charge is -2.23. The highest BCUT2D eigenvalue weighted by molar-refractivity contribution is 7.15. The molecule has 6 heteroatoms. The zero-order valence-corrected chi connectivity index (χ0v) is 14.1. The summed E-state index contributed by atoms with van der Waals surface area (Å²) in [5.41, 5.74) is 2.63. The maximum absolute atomic E-state index is 12.3. The molecule has 1 amide bonds. The van der Waals surface area contributed by atoms with Crippen molar-refractivity contribution in [2.24, 2.45) is 0 Å². The Morgan fingerprint density at radius 3 is 2.96 bits per heavy atom. The molecule has 0 radical (unpaired) electrons. The fourth-order valence-electron chi connectivity index (χ4n) is 2.35. The number of ether oxygens (including phenoxy) is 2. The molecule has 0 spiro atoms. The van der Waals surface area contributed by atoms with Crippen molar-refractivity contribution in [3.05, 3.63) is 40.4 Å². The van der Waals surface area contributed by atoms with Crippen LogP contribution in [-0.2, 0) is 9.47 Å². The first-order chi connectivity index (χ1) is 11.1. The third-order valence-corrected chi connectivity index (χ3v) is 4.90. The summed E-state index contributed by atoms with van der Waals surface area (Å²) in [7, 11) is 0. The van der Waals surface area contributed by atoms with Crippen LogP contribution in [-0.4, -0.2) is 43.4 Å². The van der Waals surface area contributed by atoms with Gasteiger partial charge in [0.1, 0.15) is 5.01 Å². The second-order valence-electron chi connectivity index (χ2n) is 5.52. The fourth-order valence-corrected chi connectivity index (χ4v) is 3.26. The number of hydrogen-bond donors (Lipinski definition) is 1. The number of rotatable bonds is 4. The van der Waals surface area contributed by atoms with Gasteiger partial charge in [0, 0.05) is 22.5 Å². The lowest BCUT2D eigenvalue weighted by molar-refractivity contribution is -0.0855. The van der Waals surface area contributed by atoms with Gasteiger partial charge < -0.3 is 14.8 Å². The van der Waals surface area contributed by atoms with Crippen LogP contribution in [0.1, 0.15) is 20.9 Å². The first-order valence-electron chi connectivity index (χ1n) is 7.65. The van der Waals surface area contributed by atoms with Gasteiger partial charge >= 0.3 is 0 Å². The van der Waals surface area contributed by atoms with Gasteiger partial charge in [-0.15, -0.1) is 11.3 Å². The molecule has 1 saturated heterocycles. The van der Waals surface area contributed by atoms with Crippen molar-refractivity contribution in [2.45, 2.75) is 20.0 Å². The number of benzene rings is 1. The Kier molecular flexibility index (Phi) is 5.05. The van der Waals surface area contributed by atoms with Gasteiger partial charge in [0.05, 0.1) is 31.6 Å². The van der Waals surface area contributed by atoms with Crippen LogP contribution >= 0.6 is 11.3 Å². The number of thiazole rings is 1. The van der Waals surface area contributed by atoms with E-state index in [1.54, 1.807) is 11.3 Å². The molecule has 122 valence electrons. The lowest BCUT2D eigenvalue weighted by atomic mass is 10.1. The van der Waals surface area contributed by atoms with Crippen LogP contribution in [0.25, 0.3) is 10.6 Å². The van der Waals surface area contributed by atoms with Gasteiger partial charge in [-0.2, -0.15) is 0 Å². The average molecular weight is 332 g/mol. The second kappa shape index (κ2) is 7.21. The normalized spacial score (nSPS) is 17.9. The van der Waals surface area contributed by atoms with Gasteiger partial charge in [-0.05, 0) is 26.0 Å². The quantitative estimate of drug-likeness (QED) is 0.935. The van der Waals surface area contributed by atoms with Gasteiger partial charge in [-0.1, -0.05) is 12.1 Å². The third kappa shape index (κ3) is 3.96. The smallest absolute Gasteiger partial charge is 0.251 e. The topological polar surface area (TPSA) is 60.5 Å². The highest BCUT2D eigenvalue weighted by Crippen LogP contribution is 2.27. The molecule has 0 saturated carbocycles. The van der Waals surface area contributed by atoms with E-state index in [0.717, 1.165) is 16.3 Å². The molecule has 0 unspecified atom stereocenters. The summed E-state index contributed by atoms with van der Waals surface area (Å²) in [5.74, 6) is -0.106. The molecule has 1 aliphatic heterocycles. The number of carbonyl (C=O) groups is 1. The molecule has 0 aliphatic carbocycles. The van der Waals surface area contributed by atoms with Crippen LogP contribution in [0.2, 0.25) is 0 Å². The molecule has 1 fully saturated rings. The van der Waals surface area contributed by atoms with Crippen molar-refractivity contribution in [2.75, 3.05) is 26.4 Å². The number of carbonyl (C=O) groups excluding carboxylic acids is 1. The summed E-state index contributed by atoms with van der Waals surface area (Å²) in [6, 6.07) is 7.55. The Bertz CT molecular complexity index is 673. The summed E-state index contributed by atoms with van der Waals surface area (Å²) in [4.78, 5) is 18.1. The maximum atomic E-state index is 12.3. The Labute approximate surface area is 139 Å². The van der Waals surface area contributed by atoms with Gasteiger partial charge in [0.25, 0.3) is 5.91 Å². The van der Waals surface area contributed by atoms with Crippen LogP contribution in [0.15, 0.2) is 24.3 Å². The van der Waals surface area contributed by atoms with E-state index in [9.17, 15) is 4.79 Å². The Hall–Kier alpha value is -1.76. The molecular weight excluding hydrogens is 312 g/mol. The minimum absolute atomic E-state index is 0.0693. The molecule has 23 heavy (non-hydrogen) atoms. The first kappa shape index (κ1) is 16.1. The Morgan fingerprint density at radius 1 is 1.39 bits per heavy atom. The molecule has 1 aliphatic rings. The Morgan fingerprint density at radius 2 is 2.26 bits per heavy atom. The summed E-state index contributed by atoms with van der Waals surface area (Å²) >= 11 is 1.64. The van der Waals surface area contributed by atoms with E-state index >= 15 is 0 Å². The van der Waals surface area contributed by atoms with Crippen LogP contribution in [0.4, 0.5) is 0 Å². The average Bonchev–Trinajstić information content (AvgIpc) is 2.93. The zero-order valence-electron chi connectivity index (χ0n) is 13.3. The second-order valence-corrected chi connectivity index (χ2v) is 6.72. The zero-order chi connectivity index (χ0) is 16.2. The number of hydrogen-bond acceptors (Lipinski definition) is 5. The molecule has 2 heterocycles. The van der Waals surface area contributed by atoms with Gasteiger partial charge in [0.15, 0.2) is 0 Å². The largest absolute Gasteiger partial charge is 0.376 e. The van der Waals surface area contributed by atoms with E-state index in [2.05, 4.69) is 17.2 Å².